The number of hydrogen-bond acceptors (Lipinski definition) is 1. The Hall–Kier alpha value is -0.890. The van der Waals surface area contributed by atoms with E-state index >= 15 is 0 Å². The molecule has 0 aromatic heterocycles. The van der Waals surface area contributed by atoms with Gasteiger partial charge in [0.05, 0.1) is 0 Å². The average molecular weight is 249 g/mol. The summed E-state index contributed by atoms with van der Waals surface area (Å²) in [7, 11) is 0. The molecule has 18 heavy (non-hydrogen) atoms. The van der Waals surface area contributed by atoms with E-state index in [2.05, 4.69) is 5.32 Å². The zero-order valence-electron chi connectivity index (χ0n) is 11.3. The second-order valence-electron chi connectivity index (χ2n) is 5.55. The van der Waals surface area contributed by atoms with Crippen molar-refractivity contribution in [2.75, 3.05) is 6.54 Å². The maximum Gasteiger partial charge on any atom is 0.126 e. The highest BCUT2D eigenvalue weighted by atomic mass is 19.1. The van der Waals surface area contributed by atoms with E-state index in [-0.39, 0.29) is 5.82 Å². The van der Waals surface area contributed by atoms with E-state index in [0.717, 1.165) is 30.1 Å². The molecule has 0 spiro atoms. The largest absolute Gasteiger partial charge is 0.313 e. The van der Waals surface area contributed by atoms with Gasteiger partial charge in [-0.3, -0.25) is 0 Å². The minimum Gasteiger partial charge on any atom is -0.313 e. The van der Waals surface area contributed by atoms with Crippen LogP contribution in [0.25, 0.3) is 0 Å². The molecule has 2 rings (SSSR count). The van der Waals surface area contributed by atoms with Crippen LogP contribution in [0.15, 0.2) is 18.2 Å². The molecule has 0 unspecified atom stereocenters. The van der Waals surface area contributed by atoms with Gasteiger partial charge in [-0.2, -0.15) is 0 Å². The molecular weight excluding hydrogens is 225 g/mol. The summed E-state index contributed by atoms with van der Waals surface area (Å²) < 4.78 is 13.4. The summed E-state index contributed by atoms with van der Waals surface area (Å²) in [4.78, 5) is 0. The predicted octanol–water partition coefficient (Wildman–Crippen LogP) is 4.19. The summed E-state index contributed by atoms with van der Waals surface area (Å²) in [5.41, 5.74) is 1.77. The van der Waals surface area contributed by atoms with Gasteiger partial charge in [0.1, 0.15) is 5.82 Å². The fourth-order valence-corrected chi connectivity index (χ4v) is 2.76. The Bertz CT molecular complexity index is 369. The lowest BCUT2D eigenvalue weighted by molar-refractivity contribution is 0.334. The van der Waals surface area contributed by atoms with E-state index in [4.69, 9.17) is 0 Å². The normalized spacial score (nSPS) is 17.0. The van der Waals surface area contributed by atoms with Crippen molar-refractivity contribution < 1.29 is 4.39 Å². The van der Waals surface area contributed by atoms with Crippen LogP contribution in [0.2, 0.25) is 0 Å². The summed E-state index contributed by atoms with van der Waals surface area (Å²) in [5.74, 6) is 0.822. The summed E-state index contributed by atoms with van der Waals surface area (Å²) >= 11 is 0. The fourth-order valence-electron chi connectivity index (χ4n) is 2.76. The van der Waals surface area contributed by atoms with Crippen LogP contribution in [0.1, 0.15) is 49.7 Å². The standard InChI is InChI=1S/C16H24FN/c1-13-7-8-15(11-16(13)17)12-18-10-9-14-5-3-2-4-6-14/h7-8,11,14,18H,2-6,9-10,12H2,1H3. The van der Waals surface area contributed by atoms with Crippen LogP contribution in [-0.2, 0) is 6.54 Å². The van der Waals surface area contributed by atoms with Gasteiger partial charge >= 0.3 is 0 Å². The van der Waals surface area contributed by atoms with Crippen molar-refractivity contribution in [2.45, 2.75) is 52.0 Å². The first-order valence-electron chi connectivity index (χ1n) is 7.21. The van der Waals surface area contributed by atoms with Crippen molar-refractivity contribution >= 4 is 0 Å². The molecule has 0 heterocycles. The van der Waals surface area contributed by atoms with E-state index in [1.807, 2.05) is 12.1 Å². The van der Waals surface area contributed by atoms with Crippen molar-refractivity contribution in [2.24, 2.45) is 5.92 Å². The molecule has 1 nitrogen and oxygen atoms in total. The minimum atomic E-state index is -0.0958. The molecule has 2 heteroatoms. The van der Waals surface area contributed by atoms with E-state index in [1.54, 1.807) is 13.0 Å². The van der Waals surface area contributed by atoms with Gasteiger partial charge in [-0.15, -0.1) is 0 Å². The minimum absolute atomic E-state index is 0.0958. The van der Waals surface area contributed by atoms with E-state index in [9.17, 15) is 4.39 Å². The van der Waals surface area contributed by atoms with Gasteiger partial charge in [-0.25, -0.2) is 4.39 Å². The summed E-state index contributed by atoms with van der Waals surface area (Å²) in [5, 5.41) is 3.43. The second kappa shape index (κ2) is 6.89. The maximum absolute atomic E-state index is 13.4. The topological polar surface area (TPSA) is 12.0 Å². The quantitative estimate of drug-likeness (QED) is 0.771. The third kappa shape index (κ3) is 4.09. The third-order valence-electron chi connectivity index (χ3n) is 4.02. The molecule has 1 aliphatic rings. The van der Waals surface area contributed by atoms with Crippen molar-refractivity contribution in [1.29, 1.82) is 0 Å². The summed E-state index contributed by atoms with van der Waals surface area (Å²) in [6, 6.07) is 5.50. The summed E-state index contributed by atoms with van der Waals surface area (Å²) in [6.45, 7) is 3.64. The molecule has 0 aliphatic heterocycles. The maximum atomic E-state index is 13.4. The van der Waals surface area contributed by atoms with Crippen LogP contribution in [0.3, 0.4) is 0 Å². The first kappa shape index (κ1) is 13.5. The Morgan fingerprint density at radius 2 is 2.00 bits per heavy atom. The van der Waals surface area contributed by atoms with Gasteiger partial charge < -0.3 is 5.32 Å². The first-order chi connectivity index (χ1) is 8.75. The Morgan fingerprint density at radius 1 is 1.22 bits per heavy atom. The number of nitrogens with one attached hydrogen (secondary N) is 1. The van der Waals surface area contributed by atoms with Gasteiger partial charge in [-0.05, 0) is 43.0 Å². The predicted molar refractivity (Wildman–Crippen MR) is 74.0 cm³/mol. The summed E-state index contributed by atoms with van der Waals surface area (Å²) in [6.07, 6.45) is 8.32. The number of benzene rings is 1. The SMILES string of the molecule is Cc1ccc(CNCCC2CCCCC2)cc1F. The van der Waals surface area contributed by atoms with Crippen molar-refractivity contribution in [3.63, 3.8) is 0 Å². The molecule has 1 saturated carbocycles. The van der Waals surface area contributed by atoms with Crippen LogP contribution >= 0.6 is 0 Å². The number of hydrogen-bond donors (Lipinski definition) is 1. The van der Waals surface area contributed by atoms with Crippen LogP contribution in [0, 0.1) is 18.7 Å². The average Bonchev–Trinajstić information content (AvgIpc) is 2.40. The van der Waals surface area contributed by atoms with E-state index < -0.39 is 0 Å². The molecule has 1 aromatic carbocycles. The number of aryl methyl sites for hydroxylation is 1. The molecule has 0 saturated heterocycles. The van der Waals surface area contributed by atoms with Crippen molar-refractivity contribution in [3.8, 4) is 0 Å². The van der Waals surface area contributed by atoms with Crippen LogP contribution in [0.4, 0.5) is 4.39 Å². The van der Waals surface area contributed by atoms with E-state index in [1.165, 1.54) is 38.5 Å². The number of rotatable bonds is 5. The van der Waals surface area contributed by atoms with Crippen LogP contribution < -0.4 is 5.32 Å². The Kier molecular flexibility index (Phi) is 5.18. The Balaban J connectivity index is 1.66. The molecule has 1 N–H and O–H groups in total. The smallest absolute Gasteiger partial charge is 0.126 e. The molecule has 1 aromatic rings. The van der Waals surface area contributed by atoms with Crippen molar-refractivity contribution in [3.05, 3.63) is 35.1 Å². The monoisotopic (exact) mass is 249 g/mol. The van der Waals surface area contributed by atoms with Gasteiger partial charge in [0.15, 0.2) is 0 Å². The zero-order chi connectivity index (χ0) is 12.8. The number of halogens is 1. The van der Waals surface area contributed by atoms with Crippen molar-refractivity contribution in [1.82, 2.24) is 5.32 Å². The highest BCUT2D eigenvalue weighted by molar-refractivity contribution is 5.23. The highest BCUT2D eigenvalue weighted by Gasteiger charge is 2.12. The van der Waals surface area contributed by atoms with Gasteiger partial charge in [0.25, 0.3) is 0 Å². The van der Waals surface area contributed by atoms with Gasteiger partial charge in [0.2, 0.25) is 0 Å². The molecule has 0 bridgehead atoms. The van der Waals surface area contributed by atoms with Gasteiger partial charge in [-0.1, -0.05) is 44.2 Å². The molecule has 0 radical (unpaired) electrons. The molecule has 0 atom stereocenters. The third-order valence-corrected chi connectivity index (χ3v) is 4.02. The Labute approximate surface area is 110 Å². The molecular formula is C16H24FN. The lowest BCUT2D eigenvalue weighted by atomic mass is 9.87. The molecule has 1 fully saturated rings. The fraction of sp³-hybridized carbons (Fsp3) is 0.625. The Morgan fingerprint density at radius 3 is 2.72 bits per heavy atom. The second-order valence-corrected chi connectivity index (χ2v) is 5.55. The van der Waals surface area contributed by atoms with Gasteiger partial charge in [0, 0.05) is 6.54 Å². The first-order valence-corrected chi connectivity index (χ1v) is 7.21. The molecule has 0 amide bonds. The van der Waals surface area contributed by atoms with E-state index in [0.29, 0.717) is 0 Å². The molecule has 1 aliphatic carbocycles. The molecule has 100 valence electrons. The van der Waals surface area contributed by atoms with Crippen LogP contribution in [-0.4, -0.2) is 6.54 Å². The zero-order valence-corrected chi connectivity index (χ0v) is 11.3. The van der Waals surface area contributed by atoms with Crippen LogP contribution in [0.5, 0.6) is 0 Å². The highest BCUT2D eigenvalue weighted by Crippen LogP contribution is 2.25. The lowest BCUT2D eigenvalue weighted by Crippen LogP contribution is -2.19. The lowest BCUT2D eigenvalue weighted by Gasteiger charge is -2.21.